The van der Waals surface area contributed by atoms with Crippen LogP contribution in [0.4, 0.5) is 10.1 Å². The van der Waals surface area contributed by atoms with Gasteiger partial charge in [-0.3, -0.25) is 9.69 Å². The molecule has 4 rings (SSSR count). The van der Waals surface area contributed by atoms with Crippen LogP contribution >= 0.6 is 15.9 Å². The molecule has 0 atom stereocenters. The number of nitrogens with zero attached hydrogens (tertiary/aromatic N) is 2. The smallest absolute Gasteiger partial charge is 0.282 e. The summed E-state index contributed by atoms with van der Waals surface area (Å²) in [4.78, 5) is 19.4. The first-order valence-electron chi connectivity index (χ1n) is 8.86. The number of benzene rings is 3. The number of hydrogen-bond acceptors (Lipinski definition) is 3. The van der Waals surface area contributed by atoms with Crippen molar-refractivity contribution in [2.75, 3.05) is 12.0 Å². The van der Waals surface area contributed by atoms with Crippen molar-refractivity contribution in [3.8, 4) is 5.75 Å². The second-order valence-corrected chi connectivity index (χ2v) is 7.19. The van der Waals surface area contributed by atoms with E-state index in [1.54, 1.807) is 25.3 Å². The van der Waals surface area contributed by atoms with Crippen molar-refractivity contribution < 1.29 is 13.9 Å². The summed E-state index contributed by atoms with van der Waals surface area (Å²) in [6.07, 6.45) is 1.71. The number of amidine groups is 1. The third-order valence-electron chi connectivity index (χ3n) is 4.46. The number of carbonyl (C=O) groups excluding carboxylic acids is 1. The predicted molar refractivity (Wildman–Crippen MR) is 116 cm³/mol. The Balaban J connectivity index is 1.84. The summed E-state index contributed by atoms with van der Waals surface area (Å²) in [5.74, 6) is 0.510. The summed E-state index contributed by atoms with van der Waals surface area (Å²) >= 11 is 3.53. The lowest BCUT2D eigenvalue weighted by Gasteiger charge is -2.19. The molecule has 0 aromatic heterocycles. The molecule has 4 nitrogen and oxygen atoms in total. The van der Waals surface area contributed by atoms with E-state index in [1.807, 2.05) is 48.5 Å². The number of methoxy groups -OCH3 is 1. The van der Waals surface area contributed by atoms with Crippen molar-refractivity contribution in [2.45, 2.75) is 0 Å². The van der Waals surface area contributed by atoms with Crippen molar-refractivity contribution in [1.82, 2.24) is 0 Å². The van der Waals surface area contributed by atoms with Crippen LogP contribution in [0.25, 0.3) is 6.08 Å². The highest BCUT2D eigenvalue weighted by Gasteiger charge is 2.33. The second-order valence-electron chi connectivity index (χ2n) is 6.34. The van der Waals surface area contributed by atoms with E-state index in [4.69, 9.17) is 4.74 Å². The topological polar surface area (TPSA) is 41.9 Å². The minimum atomic E-state index is -0.369. The van der Waals surface area contributed by atoms with Crippen LogP contribution in [0.5, 0.6) is 5.75 Å². The zero-order chi connectivity index (χ0) is 20.4. The van der Waals surface area contributed by atoms with E-state index in [-0.39, 0.29) is 17.4 Å². The first-order valence-corrected chi connectivity index (χ1v) is 9.65. The first-order chi connectivity index (χ1) is 14.1. The van der Waals surface area contributed by atoms with Crippen molar-refractivity contribution in [1.29, 1.82) is 0 Å². The van der Waals surface area contributed by atoms with E-state index in [9.17, 15) is 9.18 Å². The number of amides is 1. The van der Waals surface area contributed by atoms with Crippen LogP contribution in [0.15, 0.2) is 88.0 Å². The normalized spacial score (nSPS) is 15.0. The van der Waals surface area contributed by atoms with Crippen LogP contribution in [0.3, 0.4) is 0 Å². The summed E-state index contributed by atoms with van der Waals surface area (Å²) in [6, 6.07) is 20.7. The number of anilines is 1. The maximum absolute atomic E-state index is 13.4. The Labute approximate surface area is 176 Å². The van der Waals surface area contributed by atoms with Crippen molar-refractivity contribution in [3.63, 3.8) is 0 Å². The highest BCUT2D eigenvalue weighted by Crippen LogP contribution is 2.30. The van der Waals surface area contributed by atoms with Gasteiger partial charge in [0.2, 0.25) is 0 Å². The molecule has 0 N–H and O–H groups in total. The molecule has 0 aliphatic carbocycles. The Kier molecular flexibility index (Phi) is 5.27. The Morgan fingerprint density at radius 3 is 2.52 bits per heavy atom. The van der Waals surface area contributed by atoms with E-state index in [0.717, 1.165) is 15.6 Å². The number of carbonyl (C=O) groups is 1. The van der Waals surface area contributed by atoms with Crippen LogP contribution in [-0.2, 0) is 4.79 Å². The maximum Gasteiger partial charge on any atom is 0.282 e. The summed E-state index contributed by atoms with van der Waals surface area (Å²) in [7, 11) is 1.59. The van der Waals surface area contributed by atoms with E-state index < -0.39 is 0 Å². The maximum atomic E-state index is 13.4. The van der Waals surface area contributed by atoms with Crippen molar-refractivity contribution >= 4 is 39.4 Å². The van der Waals surface area contributed by atoms with E-state index in [0.29, 0.717) is 17.3 Å². The van der Waals surface area contributed by atoms with E-state index >= 15 is 0 Å². The SMILES string of the molecule is COc1cccc(/C=C2/N=C(c3ccccc3Br)N(c3ccc(F)cc3)C2=O)c1. The summed E-state index contributed by atoms with van der Waals surface area (Å²) < 4.78 is 19.5. The van der Waals surface area contributed by atoms with Gasteiger partial charge in [-0.1, -0.05) is 46.3 Å². The zero-order valence-electron chi connectivity index (χ0n) is 15.5. The minimum Gasteiger partial charge on any atom is -0.497 e. The van der Waals surface area contributed by atoms with Gasteiger partial charge in [-0.2, -0.15) is 0 Å². The number of rotatable bonds is 4. The standard InChI is InChI=1S/C23H16BrFN2O2/c1-29-18-6-4-5-15(13-18)14-21-23(28)27(17-11-9-16(25)10-12-17)22(26-21)19-7-2-3-8-20(19)24/h2-14H,1H3/b21-14+. The van der Waals surface area contributed by atoms with Crippen LogP contribution < -0.4 is 9.64 Å². The zero-order valence-corrected chi connectivity index (χ0v) is 17.1. The number of halogens is 2. The van der Waals surface area contributed by atoms with Gasteiger partial charge in [0, 0.05) is 10.0 Å². The number of aliphatic imine (C=N–C) groups is 1. The monoisotopic (exact) mass is 450 g/mol. The lowest BCUT2D eigenvalue weighted by atomic mass is 10.1. The lowest BCUT2D eigenvalue weighted by molar-refractivity contribution is -0.113. The molecule has 1 amide bonds. The van der Waals surface area contributed by atoms with Gasteiger partial charge in [0.25, 0.3) is 5.91 Å². The first kappa shape index (κ1) is 19.1. The van der Waals surface area contributed by atoms with Gasteiger partial charge < -0.3 is 4.74 Å². The van der Waals surface area contributed by atoms with Gasteiger partial charge in [-0.05, 0) is 54.1 Å². The molecule has 3 aromatic rings. The molecule has 1 aliphatic heterocycles. The fourth-order valence-electron chi connectivity index (χ4n) is 3.06. The molecular formula is C23H16BrFN2O2. The Hall–Kier alpha value is -3.25. The minimum absolute atomic E-state index is 0.285. The predicted octanol–water partition coefficient (Wildman–Crippen LogP) is 5.43. The summed E-state index contributed by atoms with van der Waals surface area (Å²) in [5, 5.41) is 0. The average Bonchev–Trinajstić information content (AvgIpc) is 3.05. The molecular weight excluding hydrogens is 435 g/mol. The fourth-order valence-corrected chi connectivity index (χ4v) is 3.52. The van der Waals surface area contributed by atoms with Gasteiger partial charge >= 0.3 is 0 Å². The molecule has 0 bridgehead atoms. The van der Waals surface area contributed by atoms with Gasteiger partial charge in [0.15, 0.2) is 0 Å². The van der Waals surface area contributed by atoms with Crippen LogP contribution in [-0.4, -0.2) is 18.9 Å². The molecule has 0 spiro atoms. The Morgan fingerprint density at radius 2 is 1.79 bits per heavy atom. The molecule has 0 fully saturated rings. The van der Waals surface area contributed by atoms with Gasteiger partial charge in [0.05, 0.1) is 12.8 Å². The Morgan fingerprint density at radius 1 is 1.03 bits per heavy atom. The highest BCUT2D eigenvalue weighted by molar-refractivity contribution is 9.10. The molecule has 0 saturated heterocycles. The number of hydrogen-bond donors (Lipinski definition) is 0. The summed E-state index contributed by atoms with van der Waals surface area (Å²) in [5.41, 5.74) is 2.39. The third-order valence-corrected chi connectivity index (χ3v) is 5.15. The molecule has 0 saturated carbocycles. The highest BCUT2D eigenvalue weighted by atomic mass is 79.9. The molecule has 144 valence electrons. The molecule has 3 aromatic carbocycles. The van der Waals surface area contributed by atoms with Crippen LogP contribution in [0.2, 0.25) is 0 Å². The molecule has 1 heterocycles. The van der Waals surface area contributed by atoms with Crippen molar-refractivity contribution in [2.24, 2.45) is 4.99 Å². The quantitative estimate of drug-likeness (QED) is 0.497. The van der Waals surface area contributed by atoms with Crippen molar-refractivity contribution in [3.05, 3.63) is 99.9 Å². The van der Waals surface area contributed by atoms with Crippen LogP contribution in [0, 0.1) is 5.82 Å². The molecule has 0 radical (unpaired) electrons. The molecule has 29 heavy (non-hydrogen) atoms. The van der Waals surface area contributed by atoms with Gasteiger partial charge in [-0.25, -0.2) is 9.38 Å². The molecule has 1 aliphatic rings. The molecule has 0 unspecified atom stereocenters. The van der Waals surface area contributed by atoms with Crippen LogP contribution in [0.1, 0.15) is 11.1 Å². The largest absolute Gasteiger partial charge is 0.497 e. The van der Waals surface area contributed by atoms with Gasteiger partial charge in [-0.15, -0.1) is 0 Å². The van der Waals surface area contributed by atoms with E-state index in [2.05, 4.69) is 20.9 Å². The lowest BCUT2D eigenvalue weighted by Crippen LogP contribution is -2.32. The Bertz CT molecular complexity index is 1140. The van der Waals surface area contributed by atoms with E-state index in [1.165, 1.54) is 17.0 Å². The number of ether oxygens (including phenoxy) is 1. The van der Waals surface area contributed by atoms with Gasteiger partial charge in [0.1, 0.15) is 23.1 Å². The fraction of sp³-hybridized carbons (Fsp3) is 0.0435. The second kappa shape index (κ2) is 8.01. The molecule has 6 heteroatoms. The third kappa shape index (κ3) is 3.84. The average molecular weight is 451 g/mol. The summed E-state index contributed by atoms with van der Waals surface area (Å²) in [6.45, 7) is 0.